The number of benzene rings is 1. The van der Waals surface area contributed by atoms with Gasteiger partial charge in [-0.1, -0.05) is 26.3 Å². The number of aromatic nitrogens is 2. The number of nitrogens with zero attached hydrogens (tertiary/aromatic N) is 3. The molecule has 3 aromatic rings. The van der Waals surface area contributed by atoms with Gasteiger partial charge in [-0.05, 0) is 55.7 Å². The minimum Gasteiger partial charge on any atom is -0.492 e. The fourth-order valence-electron chi connectivity index (χ4n) is 5.37. The van der Waals surface area contributed by atoms with Crippen molar-refractivity contribution in [1.29, 1.82) is 0 Å². The summed E-state index contributed by atoms with van der Waals surface area (Å²) in [6, 6.07) is 10.5. The molecule has 3 heterocycles. The van der Waals surface area contributed by atoms with Crippen LogP contribution in [-0.4, -0.2) is 53.5 Å². The lowest BCUT2D eigenvalue weighted by Gasteiger charge is -2.27. The summed E-state index contributed by atoms with van der Waals surface area (Å²) >= 11 is 0. The van der Waals surface area contributed by atoms with E-state index >= 15 is 0 Å². The maximum atomic E-state index is 12.2. The third kappa shape index (κ3) is 7.37. The molecule has 12 nitrogen and oxygen atoms in total. The number of unbranched alkanes of at least 4 members (excludes halogenated alkanes) is 2. The highest BCUT2D eigenvalue weighted by molar-refractivity contribution is 7.85. The highest BCUT2D eigenvalue weighted by Gasteiger charge is 2.40. The van der Waals surface area contributed by atoms with Gasteiger partial charge in [0.2, 0.25) is 17.5 Å². The standard InChI is InChI=1S/C32H37N3O9S/c1-5-33-21-22(31(39)43-4)13-14-23(33)10-9-11-27-32(2,3)25-20-24(45(40,41)42)15-16-26(25)34(27)19-8-6-7-12-30(38)44-35-28(36)17-18-29(35)37/h9-11,13-18,20-21H,5-8,12,19H2,1-4H3,(H2-,36,37,40,41,42)/p+1. The number of esters is 1. The zero-order chi connectivity index (χ0) is 32.9. The van der Waals surface area contributed by atoms with Crippen molar-refractivity contribution in [2.45, 2.75) is 63.3 Å². The van der Waals surface area contributed by atoms with Crippen LogP contribution in [0.3, 0.4) is 0 Å². The lowest BCUT2D eigenvalue weighted by molar-refractivity contribution is -0.695. The van der Waals surface area contributed by atoms with Crippen LogP contribution in [0.2, 0.25) is 0 Å². The molecule has 2 aromatic heterocycles. The summed E-state index contributed by atoms with van der Waals surface area (Å²) in [5.74, 6) is -1.79. The zero-order valence-corrected chi connectivity index (χ0v) is 26.5. The summed E-state index contributed by atoms with van der Waals surface area (Å²) in [6.45, 7) is 7.13. The van der Waals surface area contributed by atoms with Crippen molar-refractivity contribution in [2.24, 2.45) is 0 Å². The Morgan fingerprint density at radius 1 is 1.02 bits per heavy atom. The van der Waals surface area contributed by atoms with Crippen molar-refractivity contribution in [3.63, 3.8) is 0 Å². The second kappa shape index (κ2) is 13.6. The molecule has 0 radical (unpaired) electrons. The third-order valence-corrected chi connectivity index (χ3v) is 8.61. The molecule has 0 saturated heterocycles. The molecule has 0 fully saturated rings. The second-order valence-electron chi connectivity index (χ2n) is 11.1. The SMILES string of the molecule is CC[n+]1cc(C(=O)OC)ccc1/C=C/C=C1/N(CCCCCC(=O)On2c(O)ccc2O)c2ccc(S(=O)(=O)O)cc2C1(C)C. The fraction of sp³-hybridized carbons (Fsp3) is 0.344. The highest BCUT2D eigenvalue weighted by atomic mass is 32.2. The normalized spacial score (nSPS) is 15.0. The zero-order valence-electron chi connectivity index (χ0n) is 25.6. The molecule has 0 bridgehead atoms. The monoisotopic (exact) mass is 640 g/mol. The molecule has 1 aliphatic rings. The molecule has 45 heavy (non-hydrogen) atoms. The Morgan fingerprint density at radius 3 is 2.38 bits per heavy atom. The van der Waals surface area contributed by atoms with E-state index in [1.807, 2.05) is 49.6 Å². The van der Waals surface area contributed by atoms with Crippen LogP contribution in [0.5, 0.6) is 11.8 Å². The van der Waals surface area contributed by atoms with Crippen molar-refractivity contribution in [1.82, 2.24) is 4.73 Å². The van der Waals surface area contributed by atoms with E-state index in [1.54, 1.807) is 18.3 Å². The van der Waals surface area contributed by atoms with E-state index in [2.05, 4.69) is 4.90 Å². The fourth-order valence-corrected chi connectivity index (χ4v) is 5.88. The molecular formula is C32H38N3O9S+. The quantitative estimate of drug-likeness (QED) is 0.114. The summed E-state index contributed by atoms with van der Waals surface area (Å²) < 4.78 is 41.0. The summed E-state index contributed by atoms with van der Waals surface area (Å²) in [5, 5.41) is 19.3. The van der Waals surface area contributed by atoms with Crippen LogP contribution < -0.4 is 14.3 Å². The Morgan fingerprint density at radius 2 is 1.73 bits per heavy atom. The van der Waals surface area contributed by atoms with Gasteiger partial charge in [0, 0.05) is 54.0 Å². The van der Waals surface area contributed by atoms with Gasteiger partial charge >= 0.3 is 11.9 Å². The summed E-state index contributed by atoms with van der Waals surface area (Å²) in [7, 11) is -3.07. The lowest BCUT2D eigenvalue weighted by atomic mass is 9.83. The minimum absolute atomic E-state index is 0.0779. The van der Waals surface area contributed by atoms with Gasteiger partial charge in [0.15, 0.2) is 6.20 Å². The Kier molecular flexibility index (Phi) is 10.0. The number of anilines is 1. The van der Waals surface area contributed by atoms with E-state index in [1.165, 1.54) is 31.4 Å². The van der Waals surface area contributed by atoms with Crippen LogP contribution in [0.4, 0.5) is 5.69 Å². The van der Waals surface area contributed by atoms with Crippen LogP contribution in [0.25, 0.3) is 6.08 Å². The molecule has 1 aromatic carbocycles. The van der Waals surface area contributed by atoms with Crippen LogP contribution in [0.15, 0.2) is 71.4 Å². The molecule has 240 valence electrons. The molecule has 0 saturated carbocycles. The van der Waals surface area contributed by atoms with Crippen molar-refractivity contribution >= 4 is 33.8 Å². The van der Waals surface area contributed by atoms with E-state index in [0.29, 0.717) is 42.6 Å². The molecule has 4 rings (SSSR count). The van der Waals surface area contributed by atoms with E-state index in [-0.39, 0.29) is 23.1 Å². The second-order valence-corrected chi connectivity index (χ2v) is 12.5. The smallest absolute Gasteiger partial charge is 0.343 e. The third-order valence-electron chi connectivity index (χ3n) is 7.76. The van der Waals surface area contributed by atoms with E-state index in [9.17, 15) is 32.8 Å². The number of allylic oxidation sites excluding steroid dienone is 3. The van der Waals surface area contributed by atoms with Gasteiger partial charge < -0.3 is 24.7 Å². The predicted molar refractivity (Wildman–Crippen MR) is 165 cm³/mol. The number of carbonyl (C=O) groups is 2. The number of methoxy groups -OCH3 is 1. The number of hydrogen-bond acceptors (Lipinski definition) is 9. The largest absolute Gasteiger partial charge is 0.492 e. The van der Waals surface area contributed by atoms with Gasteiger partial charge in [-0.3, -0.25) is 4.55 Å². The van der Waals surface area contributed by atoms with Gasteiger partial charge in [-0.15, -0.1) is 4.73 Å². The molecule has 0 unspecified atom stereocenters. The first-order valence-corrected chi connectivity index (χ1v) is 15.9. The average Bonchev–Trinajstić information content (AvgIpc) is 3.42. The van der Waals surface area contributed by atoms with Gasteiger partial charge in [0.25, 0.3) is 10.1 Å². The Balaban J connectivity index is 1.53. The van der Waals surface area contributed by atoms with Crippen LogP contribution in [0.1, 0.15) is 68.1 Å². The lowest BCUT2D eigenvalue weighted by Crippen LogP contribution is -2.36. The van der Waals surface area contributed by atoms with Crippen LogP contribution in [0, 0.1) is 0 Å². The maximum Gasteiger partial charge on any atom is 0.343 e. The molecular weight excluding hydrogens is 602 g/mol. The molecule has 0 aliphatic carbocycles. The Bertz CT molecular complexity index is 1740. The van der Waals surface area contributed by atoms with E-state index in [0.717, 1.165) is 22.6 Å². The first-order chi connectivity index (χ1) is 21.3. The molecule has 13 heteroatoms. The first-order valence-electron chi connectivity index (χ1n) is 14.5. The van der Waals surface area contributed by atoms with Gasteiger partial charge in [-0.25, -0.2) is 9.59 Å². The Hall–Kier alpha value is -4.62. The minimum atomic E-state index is -4.40. The molecule has 3 N–H and O–H groups in total. The maximum absolute atomic E-state index is 12.2. The first kappa shape index (κ1) is 33.3. The van der Waals surface area contributed by atoms with E-state index < -0.39 is 27.5 Å². The van der Waals surface area contributed by atoms with Gasteiger partial charge in [0.05, 0.1) is 12.0 Å². The topological polar surface area (TPSA) is 159 Å². The van der Waals surface area contributed by atoms with Gasteiger partial charge in [0.1, 0.15) is 12.1 Å². The molecule has 0 amide bonds. The summed E-state index contributed by atoms with van der Waals surface area (Å²) in [6.07, 6.45) is 9.46. The average molecular weight is 641 g/mol. The highest BCUT2D eigenvalue weighted by Crippen LogP contribution is 2.48. The number of aromatic hydroxyl groups is 2. The number of hydrogen-bond donors (Lipinski definition) is 3. The molecule has 0 atom stereocenters. The number of ether oxygens (including phenoxy) is 1. The van der Waals surface area contributed by atoms with Crippen molar-refractivity contribution in [3.05, 3.63) is 83.3 Å². The molecule has 0 spiro atoms. The number of fused-ring (bicyclic) bond motifs is 1. The number of rotatable bonds is 12. The number of carbonyl (C=O) groups excluding carboxylic acids is 2. The van der Waals surface area contributed by atoms with Crippen molar-refractivity contribution in [3.8, 4) is 11.8 Å². The molecule has 1 aliphatic heterocycles. The number of aryl methyl sites for hydroxylation is 1. The van der Waals surface area contributed by atoms with E-state index in [4.69, 9.17) is 9.57 Å². The number of pyridine rings is 1. The predicted octanol–water partition coefficient (Wildman–Crippen LogP) is 4.15. The Labute approximate surface area is 262 Å². The van der Waals surface area contributed by atoms with Crippen LogP contribution >= 0.6 is 0 Å². The van der Waals surface area contributed by atoms with Crippen molar-refractivity contribution < 1.29 is 46.9 Å². The summed E-state index contributed by atoms with van der Waals surface area (Å²) in [5.41, 5.74) is 3.17. The van der Waals surface area contributed by atoms with Gasteiger partial charge in [-0.2, -0.15) is 13.0 Å². The van der Waals surface area contributed by atoms with Crippen LogP contribution in [-0.2, 0) is 31.6 Å². The van der Waals surface area contributed by atoms with Crippen molar-refractivity contribution in [2.75, 3.05) is 18.6 Å². The summed E-state index contributed by atoms with van der Waals surface area (Å²) in [4.78, 5) is 31.1.